The minimum Gasteiger partial charge on any atom is -0.481 e. The van der Waals surface area contributed by atoms with Crippen LogP contribution in [0.3, 0.4) is 0 Å². The van der Waals surface area contributed by atoms with Crippen LogP contribution in [-0.2, 0) is 9.53 Å². The van der Waals surface area contributed by atoms with Gasteiger partial charge in [-0.15, -0.1) is 0 Å². The Morgan fingerprint density at radius 3 is 2.58 bits per heavy atom. The van der Waals surface area contributed by atoms with Crippen molar-refractivity contribution in [2.24, 2.45) is 11.8 Å². The van der Waals surface area contributed by atoms with E-state index in [1.807, 2.05) is 0 Å². The molecule has 0 aliphatic carbocycles. The fraction of sp³-hybridized carbons (Fsp3) is 0.875. The summed E-state index contributed by atoms with van der Waals surface area (Å²) in [7, 11) is 0. The highest BCUT2D eigenvalue weighted by Crippen LogP contribution is 2.24. The first-order valence-corrected chi connectivity index (χ1v) is 4.80. The molecule has 1 N–H and O–H groups in total. The molecule has 1 aliphatic rings. The summed E-state index contributed by atoms with van der Waals surface area (Å²) < 4.78 is 5.16. The van der Waals surface area contributed by atoms with Gasteiger partial charge < -0.3 is 9.84 Å². The largest absolute Gasteiger partial charge is 0.481 e. The molecule has 3 nitrogen and oxygen atoms in total. The number of carboxylic acid groups (broad SMARTS) is 1. The third-order valence-corrected chi connectivity index (χ3v) is 2.74. The Hall–Kier alpha value is -0.220. The van der Waals surface area contributed by atoms with Crippen molar-refractivity contribution in [2.75, 3.05) is 19.0 Å². The zero-order valence-electron chi connectivity index (χ0n) is 6.90. The third-order valence-electron chi connectivity index (χ3n) is 2.35. The van der Waals surface area contributed by atoms with Crippen LogP contribution in [0.25, 0.3) is 0 Å². The van der Waals surface area contributed by atoms with Gasteiger partial charge >= 0.3 is 5.97 Å². The number of aliphatic carboxylic acids is 1. The van der Waals surface area contributed by atoms with E-state index in [-0.39, 0.29) is 11.8 Å². The van der Waals surface area contributed by atoms with Crippen molar-refractivity contribution in [3.8, 4) is 0 Å². The summed E-state index contributed by atoms with van der Waals surface area (Å²) in [4.78, 5) is 10.7. The first-order valence-electron chi connectivity index (χ1n) is 4.17. The number of thiol groups is 1. The molecule has 12 heavy (non-hydrogen) atoms. The van der Waals surface area contributed by atoms with Crippen LogP contribution in [0.5, 0.6) is 0 Å². The van der Waals surface area contributed by atoms with E-state index in [4.69, 9.17) is 9.84 Å². The van der Waals surface area contributed by atoms with Gasteiger partial charge in [-0.2, -0.15) is 12.6 Å². The molecule has 1 saturated heterocycles. The second-order valence-corrected chi connectivity index (χ2v) is 3.44. The van der Waals surface area contributed by atoms with Crippen LogP contribution in [0.1, 0.15) is 12.8 Å². The van der Waals surface area contributed by atoms with Crippen molar-refractivity contribution in [1.82, 2.24) is 0 Å². The Bertz CT molecular complexity index is 154. The van der Waals surface area contributed by atoms with E-state index in [0.29, 0.717) is 19.0 Å². The molecule has 0 radical (unpaired) electrons. The van der Waals surface area contributed by atoms with Gasteiger partial charge in [0.15, 0.2) is 0 Å². The molecule has 0 aromatic rings. The van der Waals surface area contributed by atoms with Gasteiger partial charge in [-0.3, -0.25) is 4.79 Å². The summed E-state index contributed by atoms with van der Waals surface area (Å²) in [6.07, 6.45) is 1.72. The van der Waals surface area contributed by atoms with Crippen LogP contribution < -0.4 is 0 Å². The average molecular weight is 190 g/mol. The van der Waals surface area contributed by atoms with Crippen LogP contribution >= 0.6 is 12.6 Å². The lowest BCUT2D eigenvalue weighted by atomic mass is 9.87. The molecular formula is C8H14O3S. The maximum absolute atomic E-state index is 10.7. The second-order valence-electron chi connectivity index (χ2n) is 3.08. The molecule has 0 saturated carbocycles. The Kier molecular flexibility index (Phi) is 3.88. The smallest absolute Gasteiger partial charge is 0.307 e. The second kappa shape index (κ2) is 4.72. The Morgan fingerprint density at radius 2 is 2.17 bits per heavy atom. The minimum absolute atomic E-state index is 0.258. The maximum Gasteiger partial charge on any atom is 0.307 e. The van der Waals surface area contributed by atoms with Crippen LogP contribution in [0.2, 0.25) is 0 Å². The van der Waals surface area contributed by atoms with E-state index in [1.165, 1.54) is 0 Å². The quantitative estimate of drug-likeness (QED) is 0.654. The van der Waals surface area contributed by atoms with E-state index < -0.39 is 5.97 Å². The molecule has 1 fully saturated rings. The van der Waals surface area contributed by atoms with Gasteiger partial charge in [0, 0.05) is 19.0 Å². The molecular weight excluding hydrogens is 176 g/mol. The van der Waals surface area contributed by atoms with Crippen LogP contribution in [0, 0.1) is 11.8 Å². The summed E-state index contributed by atoms with van der Waals surface area (Å²) >= 11 is 4.04. The molecule has 1 atom stereocenters. The van der Waals surface area contributed by atoms with E-state index >= 15 is 0 Å². The third kappa shape index (κ3) is 2.38. The van der Waals surface area contributed by atoms with Gasteiger partial charge in [0.1, 0.15) is 0 Å². The molecule has 1 aliphatic heterocycles. The number of ether oxygens (including phenoxy) is 1. The Balaban J connectivity index is 2.46. The molecule has 0 bridgehead atoms. The molecule has 1 heterocycles. The van der Waals surface area contributed by atoms with Crippen molar-refractivity contribution >= 4 is 18.6 Å². The highest BCUT2D eigenvalue weighted by molar-refractivity contribution is 7.80. The van der Waals surface area contributed by atoms with Crippen LogP contribution in [0.15, 0.2) is 0 Å². The first kappa shape index (κ1) is 9.86. The van der Waals surface area contributed by atoms with Crippen LogP contribution in [-0.4, -0.2) is 30.0 Å². The van der Waals surface area contributed by atoms with Gasteiger partial charge in [-0.25, -0.2) is 0 Å². The standard InChI is InChI=1S/C8H14O3S/c9-8(10)7(5-12)6-1-3-11-4-2-6/h6-7,12H,1-5H2,(H,9,10). The molecule has 1 rings (SSSR count). The zero-order valence-corrected chi connectivity index (χ0v) is 7.80. The number of rotatable bonds is 3. The molecule has 70 valence electrons. The van der Waals surface area contributed by atoms with Gasteiger partial charge in [0.2, 0.25) is 0 Å². The van der Waals surface area contributed by atoms with Gasteiger partial charge in [0.25, 0.3) is 0 Å². The number of carbonyl (C=O) groups is 1. The van der Waals surface area contributed by atoms with Crippen LogP contribution in [0.4, 0.5) is 0 Å². The van der Waals surface area contributed by atoms with Crippen molar-refractivity contribution in [1.29, 1.82) is 0 Å². The van der Waals surface area contributed by atoms with Crippen molar-refractivity contribution < 1.29 is 14.6 Å². The number of hydrogen-bond donors (Lipinski definition) is 2. The summed E-state index contributed by atoms with van der Waals surface area (Å²) in [5.74, 6) is -0.331. The topological polar surface area (TPSA) is 46.5 Å². The summed E-state index contributed by atoms with van der Waals surface area (Å²) in [6.45, 7) is 1.39. The number of hydrogen-bond acceptors (Lipinski definition) is 3. The lowest BCUT2D eigenvalue weighted by Crippen LogP contribution is -2.30. The Labute approximate surface area is 77.5 Å². The van der Waals surface area contributed by atoms with Crippen molar-refractivity contribution in [3.63, 3.8) is 0 Å². The lowest BCUT2D eigenvalue weighted by Gasteiger charge is -2.26. The van der Waals surface area contributed by atoms with E-state index in [2.05, 4.69) is 12.6 Å². The summed E-state index contributed by atoms with van der Waals surface area (Å²) in [5.41, 5.74) is 0. The highest BCUT2D eigenvalue weighted by Gasteiger charge is 2.28. The molecule has 0 aromatic heterocycles. The first-order chi connectivity index (χ1) is 5.75. The predicted octanol–water partition coefficient (Wildman–Crippen LogP) is 1.04. The van der Waals surface area contributed by atoms with E-state index in [9.17, 15) is 4.79 Å². The molecule has 0 aromatic carbocycles. The Morgan fingerprint density at radius 1 is 1.58 bits per heavy atom. The van der Waals surface area contributed by atoms with E-state index in [0.717, 1.165) is 12.8 Å². The molecule has 1 unspecified atom stereocenters. The van der Waals surface area contributed by atoms with Gasteiger partial charge in [-0.1, -0.05) is 0 Å². The van der Waals surface area contributed by atoms with Gasteiger partial charge in [0.05, 0.1) is 5.92 Å². The SMILES string of the molecule is O=C(O)C(CS)C1CCOCC1. The van der Waals surface area contributed by atoms with E-state index in [1.54, 1.807) is 0 Å². The maximum atomic E-state index is 10.7. The number of carboxylic acids is 1. The molecule has 4 heteroatoms. The molecule has 0 amide bonds. The predicted molar refractivity (Wildman–Crippen MR) is 48.5 cm³/mol. The lowest BCUT2D eigenvalue weighted by molar-refractivity contribution is -0.143. The summed E-state index contributed by atoms with van der Waals surface area (Å²) in [5, 5.41) is 8.84. The zero-order chi connectivity index (χ0) is 8.97. The minimum atomic E-state index is -0.725. The highest BCUT2D eigenvalue weighted by atomic mass is 32.1. The van der Waals surface area contributed by atoms with Crippen molar-refractivity contribution in [2.45, 2.75) is 12.8 Å². The molecule has 0 spiro atoms. The monoisotopic (exact) mass is 190 g/mol. The average Bonchev–Trinajstić information content (AvgIpc) is 2.07. The van der Waals surface area contributed by atoms with Gasteiger partial charge in [-0.05, 0) is 18.8 Å². The van der Waals surface area contributed by atoms with Crippen molar-refractivity contribution in [3.05, 3.63) is 0 Å². The summed E-state index contributed by atoms with van der Waals surface area (Å²) in [6, 6.07) is 0. The fourth-order valence-corrected chi connectivity index (χ4v) is 2.00. The fourth-order valence-electron chi connectivity index (χ4n) is 1.55. The normalized spacial score (nSPS) is 22.1.